The average Bonchev–Trinajstić information content (AvgIpc) is 2.59. The van der Waals surface area contributed by atoms with E-state index in [4.69, 9.17) is 14.2 Å². The van der Waals surface area contributed by atoms with Crippen molar-refractivity contribution in [2.45, 2.75) is 0 Å². The molecule has 0 aliphatic heterocycles. The maximum Gasteiger partial charge on any atom is 0.342 e. The van der Waals surface area contributed by atoms with Crippen molar-refractivity contribution < 1.29 is 23.8 Å². The molecule has 120 valence electrons. The number of carbonyl (C=O) groups is 2. The summed E-state index contributed by atoms with van der Waals surface area (Å²) in [5, 5.41) is 0. The van der Waals surface area contributed by atoms with Crippen LogP contribution in [0.3, 0.4) is 0 Å². The van der Waals surface area contributed by atoms with Crippen LogP contribution in [0.15, 0.2) is 46.9 Å². The molecule has 2 aromatic rings. The highest BCUT2D eigenvalue weighted by atomic mass is 79.9. The van der Waals surface area contributed by atoms with Crippen LogP contribution in [0.25, 0.3) is 0 Å². The highest BCUT2D eigenvalue weighted by molar-refractivity contribution is 9.10. The lowest BCUT2D eigenvalue weighted by Crippen LogP contribution is -2.15. The van der Waals surface area contributed by atoms with E-state index in [1.165, 1.54) is 14.2 Å². The summed E-state index contributed by atoms with van der Waals surface area (Å²) in [4.78, 5) is 24.2. The molecule has 0 saturated heterocycles. The van der Waals surface area contributed by atoms with Crippen LogP contribution in [0.1, 0.15) is 20.7 Å². The second-order valence-corrected chi connectivity index (χ2v) is 5.46. The molecule has 0 amide bonds. The topological polar surface area (TPSA) is 61.8 Å². The number of ether oxygens (including phenoxy) is 3. The SMILES string of the molecule is COc1cccc(C(=O)OCC(=O)c2ccc(Br)cc2)c1OC. The number of benzene rings is 2. The Morgan fingerprint density at radius 3 is 2.30 bits per heavy atom. The number of carbonyl (C=O) groups excluding carboxylic acids is 2. The zero-order valence-electron chi connectivity index (χ0n) is 12.7. The molecule has 0 aliphatic rings. The van der Waals surface area contributed by atoms with E-state index in [1.54, 1.807) is 42.5 Å². The van der Waals surface area contributed by atoms with E-state index >= 15 is 0 Å². The van der Waals surface area contributed by atoms with E-state index in [-0.39, 0.29) is 23.7 Å². The molecule has 0 saturated carbocycles. The Hall–Kier alpha value is -2.34. The Balaban J connectivity index is 2.08. The number of halogens is 1. The van der Waals surface area contributed by atoms with E-state index in [0.29, 0.717) is 11.3 Å². The molecule has 0 spiro atoms. The van der Waals surface area contributed by atoms with Crippen molar-refractivity contribution in [3.63, 3.8) is 0 Å². The molecule has 6 heteroatoms. The third-order valence-corrected chi connectivity index (χ3v) is 3.65. The lowest BCUT2D eigenvalue weighted by Gasteiger charge is -2.11. The van der Waals surface area contributed by atoms with Gasteiger partial charge in [-0.3, -0.25) is 4.79 Å². The zero-order valence-corrected chi connectivity index (χ0v) is 14.3. The van der Waals surface area contributed by atoms with Gasteiger partial charge in [-0.05, 0) is 24.3 Å². The summed E-state index contributed by atoms with van der Waals surface area (Å²) in [7, 11) is 2.91. The summed E-state index contributed by atoms with van der Waals surface area (Å²) < 4.78 is 16.3. The van der Waals surface area contributed by atoms with Gasteiger partial charge in [0.05, 0.1) is 14.2 Å². The summed E-state index contributed by atoms with van der Waals surface area (Å²) in [6, 6.07) is 11.7. The molecule has 0 radical (unpaired) electrons. The minimum atomic E-state index is -0.647. The first-order chi connectivity index (χ1) is 11.1. The predicted molar refractivity (Wildman–Crippen MR) is 88.3 cm³/mol. The summed E-state index contributed by atoms with van der Waals surface area (Å²) in [5.41, 5.74) is 0.675. The van der Waals surface area contributed by atoms with Crippen molar-refractivity contribution in [1.29, 1.82) is 0 Å². The molecule has 0 N–H and O–H groups in total. The van der Waals surface area contributed by atoms with Gasteiger partial charge in [-0.15, -0.1) is 0 Å². The van der Waals surface area contributed by atoms with Crippen molar-refractivity contribution in [3.05, 3.63) is 58.1 Å². The van der Waals surface area contributed by atoms with Gasteiger partial charge in [0.2, 0.25) is 0 Å². The molecule has 0 heterocycles. The second kappa shape index (κ2) is 7.78. The predicted octanol–water partition coefficient (Wildman–Crippen LogP) is 3.51. The largest absolute Gasteiger partial charge is 0.493 e. The average molecular weight is 379 g/mol. The van der Waals surface area contributed by atoms with E-state index in [9.17, 15) is 9.59 Å². The van der Waals surface area contributed by atoms with Gasteiger partial charge in [-0.1, -0.05) is 34.1 Å². The van der Waals surface area contributed by atoms with Gasteiger partial charge >= 0.3 is 5.97 Å². The number of esters is 1. The van der Waals surface area contributed by atoms with E-state index in [1.807, 2.05) is 0 Å². The van der Waals surface area contributed by atoms with Crippen LogP contribution in [0, 0.1) is 0 Å². The third-order valence-electron chi connectivity index (χ3n) is 3.12. The van der Waals surface area contributed by atoms with Crippen LogP contribution in [0.4, 0.5) is 0 Å². The number of hydrogen-bond acceptors (Lipinski definition) is 5. The molecule has 2 aromatic carbocycles. The van der Waals surface area contributed by atoms with E-state index in [0.717, 1.165) is 4.47 Å². The summed E-state index contributed by atoms with van der Waals surface area (Å²) in [5.74, 6) is -0.240. The molecule has 0 bridgehead atoms. The van der Waals surface area contributed by atoms with Crippen molar-refractivity contribution >= 4 is 27.7 Å². The summed E-state index contributed by atoms with van der Waals surface area (Å²) >= 11 is 3.29. The van der Waals surface area contributed by atoms with Crippen molar-refractivity contribution in [2.75, 3.05) is 20.8 Å². The monoisotopic (exact) mass is 378 g/mol. The molecular weight excluding hydrogens is 364 g/mol. The molecular formula is C17H15BrO5. The fourth-order valence-corrected chi connectivity index (χ4v) is 2.24. The third kappa shape index (κ3) is 4.10. The van der Waals surface area contributed by atoms with Gasteiger partial charge in [0.25, 0.3) is 0 Å². The number of para-hydroxylation sites is 1. The quantitative estimate of drug-likeness (QED) is 0.568. The lowest BCUT2D eigenvalue weighted by atomic mass is 10.1. The summed E-state index contributed by atoms with van der Waals surface area (Å²) in [6.07, 6.45) is 0. The first-order valence-corrected chi connectivity index (χ1v) is 7.53. The fourth-order valence-electron chi connectivity index (χ4n) is 1.98. The minimum Gasteiger partial charge on any atom is -0.493 e. The molecule has 2 rings (SSSR count). The molecule has 0 aromatic heterocycles. The maximum absolute atomic E-state index is 12.2. The van der Waals surface area contributed by atoms with Gasteiger partial charge in [0, 0.05) is 10.0 Å². The number of rotatable bonds is 6. The number of methoxy groups -OCH3 is 2. The highest BCUT2D eigenvalue weighted by Crippen LogP contribution is 2.31. The first kappa shape index (κ1) is 17.0. The Labute approximate surface area is 142 Å². The Morgan fingerprint density at radius 2 is 1.70 bits per heavy atom. The van der Waals surface area contributed by atoms with Crippen LogP contribution in [0.5, 0.6) is 11.5 Å². The smallest absolute Gasteiger partial charge is 0.342 e. The van der Waals surface area contributed by atoms with E-state index < -0.39 is 5.97 Å². The zero-order chi connectivity index (χ0) is 16.8. The van der Waals surface area contributed by atoms with Gasteiger partial charge < -0.3 is 14.2 Å². The number of hydrogen-bond donors (Lipinski definition) is 0. The van der Waals surface area contributed by atoms with Crippen molar-refractivity contribution in [2.24, 2.45) is 0 Å². The van der Waals surface area contributed by atoms with Crippen LogP contribution in [-0.2, 0) is 4.74 Å². The van der Waals surface area contributed by atoms with Crippen LogP contribution >= 0.6 is 15.9 Å². The van der Waals surface area contributed by atoms with E-state index in [2.05, 4.69) is 15.9 Å². The Kier molecular flexibility index (Phi) is 5.76. The van der Waals surface area contributed by atoms with Crippen molar-refractivity contribution in [1.82, 2.24) is 0 Å². The summed E-state index contributed by atoms with van der Waals surface area (Å²) in [6.45, 7) is -0.346. The molecule has 0 fully saturated rings. The van der Waals surface area contributed by atoms with Crippen molar-refractivity contribution in [3.8, 4) is 11.5 Å². The Bertz CT molecular complexity index is 709. The molecule has 23 heavy (non-hydrogen) atoms. The molecule has 0 unspecified atom stereocenters. The highest BCUT2D eigenvalue weighted by Gasteiger charge is 2.19. The lowest BCUT2D eigenvalue weighted by molar-refractivity contribution is 0.0471. The standard InChI is InChI=1S/C17H15BrO5/c1-21-15-5-3-4-13(16(15)22-2)17(20)23-10-14(19)11-6-8-12(18)9-7-11/h3-9H,10H2,1-2H3. The van der Waals surface area contributed by atoms with Gasteiger partial charge in [0.1, 0.15) is 5.56 Å². The normalized spacial score (nSPS) is 10.0. The number of ketones is 1. The maximum atomic E-state index is 12.2. The molecule has 0 atom stereocenters. The van der Waals surface area contributed by atoms with Gasteiger partial charge in [-0.2, -0.15) is 0 Å². The second-order valence-electron chi connectivity index (χ2n) is 4.55. The Morgan fingerprint density at radius 1 is 1.00 bits per heavy atom. The molecule has 5 nitrogen and oxygen atoms in total. The minimum absolute atomic E-state index is 0.204. The fraction of sp³-hybridized carbons (Fsp3) is 0.176. The molecule has 0 aliphatic carbocycles. The van der Waals surface area contributed by atoms with Gasteiger partial charge in [-0.25, -0.2) is 4.79 Å². The van der Waals surface area contributed by atoms with Crippen LogP contribution < -0.4 is 9.47 Å². The van der Waals surface area contributed by atoms with Crippen LogP contribution in [-0.4, -0.2) is 32.6 Å². The first-order valence-electron chi connectivity index (χ1n) is 6.73. The number of Topliss-reactive ketones (excluding diaryl/α,β-unsaturated/α-hetero) is 1. The van der Waals surface area contributed by atoms with Gasteiger partial charge in [0.15, 0.2) is 23.9 Å². The van der Waals surface area contributed by atoms with Crippen LogP contribution in [0.2, 0.25) is 0 Å².